The van der Waals surface area contributed by atoms with Crippen LogP contribution < -0.4 is 5.32 Å². The average molecular weight is 380 g/mol. The molecule has 2 aliphatic heterocycles. The van der Waals surface area contributed by atoms with E-state index in [0.717, 1.165) is 77.9 Å². The summed E-state index contributed by atoms with van der Waals surface area (Å²) in [6.07, 6.45) is 6.37. The van der Waals surface area contributed by atoms with E-state index in [9.17, 15) is 9.59 Å². The number of fused-ring (bicyclic) bond motifs is 1. The van der Waals surface area contributed by atoms with E-state index in [1.165, 1.54) is 0 Å². The van der Waals surface area contributed by atoms with Gasteiger partial charge in [-0.15, -0.1) is 0 Å². The summed E-state index contributed by atoms with van der Waals surface area (Å²) in [7, 11) is 0. The van der Waals surface area contributed by atoms with Crippen LogP contribution in [0.15, 0.2) is 0 Å². The van der Waals surface area contributed by atoms with E-state index in [2.05, 4.69) is 29.0 Å². The highest BCUT2D eigenvalue weighted by Gasteiger charge is 2.52. The van der Waals surface area contributed by atoms with E-state index < -0.39 is 0 Å². The van der Waals surface area contributed by atoms with E-state index >= 15 is 0 Å². The van der Waals surface area contributed by atoms with E-state index in [4.69, 9.17) is 4.74 Å². The molecule has 0 spiro atoms. The highest BCUT2D eigenvalue weighted by atomic mass is 16.5. The molecule has 6 nitrogen and oxygen atoms in total. The van der Waals surface area contributed by atoms with Crippen LogP contribution in [0.25, 0.3) is 0 Å². The molecule has 2 amide bonds. The molecule has 3 aliphatic rings. The van der Waals surface area contributed by atoms with Gasteiger partial charge in [0.1, 0.15) is 0 Å². The standard InChI is InChI=1S/C21H37N3O3/c1-17(2)7-11-24-18-5-3-4-8-21(18,9-6-19(24)25)20(26)22-10-12-23-13-15-27-16-14-23/h17-18H,3-16H2,1-2H3,(H,22,26)/t18-,21-/m1/s1. The van der Waals surface area contributed by atoms with Gasteiger partial charge < -0.3 is 15.0 Å². The first kappa shape index (κ1) is 20.6. The second-order valence-electron chi connectivity index (χ2n) is 8.90. The van der Waals surface area contributed by atoms with Crippen LogP contribution in [0.3, 0.4) is 0 Å². The van der Waals surface area contributed by atoms with Crippen molar-refractivity contribution >= 4 is 11.8 Å². The summed E-state index contributed by atoms with van der Waals surface area (Å²) in [6, 6.07) is 0.0923. The van der Waals surface area contributed by atoms with Gasteiger partial charge >= 0.3 is 0 Å². The quantitative estimate of drug-likeness (QED) is 0.735. The fourth-order valence-electron chi connectivity index (χ4n) is 5.00. The maximum atomic E-state index is 13.3. The van der Waals surface area contributed by atoms with E-state index in [-0.39, 0.29) is 23.3 Å². The molecule has 2 heterocycles. The molecule has 1 saturated carbocycles. The van der Waals surface area contributed by atoms with Gasteiger partial charge in [0.25, 0.3) is 0 Å². The molecule has 0 aromatic rings. The molecular formula is C21H37N3O3. The molecule has 3 fully saturated rings. The molecule has 1 aliphatic carbocycles. The van der Waals surface area contributed by atoms with Crippen molar-refractivity contribution in [2.45, 2.75) is 64.8 Å². The zero-order chi connectivity index (χ0) is 19.3. The highest BCUT2D eigenvalue weighted by Crippen LogP contribution is 2.46. The van der Waals surface area contributed by atoms with Gasteiger partial charge in [-0.05, 0) is 31.6 Å². The molecule has 0 radical (unpaired) electrons. The third-order valence-electron chi connectivity index (χ3n) is 6.69. The SMILES string of the molecule is CC(C)CCN1C(=O)CC[C@]2(C(=O)NCCN3CCOCC3)CCCC[C@@H]12. The van der Waals surface area contributed by atoms with Crippen molar-refractivity contribution in [1.29, 1.82) is 0 Å². The zero-order valence-corrected chi connectivity index (χ0v) is 17.2. The molecule has 27 heavy (non-hydrogen) atoms. The first-order valence-corrected chi connectivity index (χ1v) is 10.9. The predicted octanol–water partition coefficient (Wildman–Crippen LogP) is 2.03. The van der Waals surface area contributed by atoms with Crippen LogP contribution in [-0.4, -0.2) is 73.6 Å². The number of nitrogens with one attached hydrogen (secondary N) is 1. The Morgan fingerprint density at radius 1 is 1.22 bits per heavy atom. The summed E-state index contributed by atoms with van der Waals surface area (Å²) >= 11 is 0. The first-order valence-electron chi connectivity index (χ1n) is 10.9. The van der Waals surface area contributed by atoms with E-state index in [0.29, 0.717) is 18.9 Å². The number of piperidine rings is 1. The van der Waals surface area contributed by atoms with Crippen molar-refractivity contribution in [1.82, 2.24) is 15.1 Å². The minimum Gasteiger partial charge on any atom is -0.379 e. The lowest BCUT2D eigenvalue weighted by molar-refractivity contribution is -0.155. The zero-order valence-electron chi connectivity index (χ0n) is 17.2. The van der Waals surface area contributed by atoms with Gasteiger partial charge in [-0.1, -0.05) is 26.7 Å². The smallest absolute Gasteiger partial charge is 0.228 e. The van der Waals surface area contributed by atoms with Crippen LogP contribution in [-0.2, 0) is 14.3 Å². The Balaban J connectivity index is 1.62. The maximum absolute atomic E-state index is 13.3. The molecule has 0 unspecified atom stereocenters. The number of likely N-dealkylation sites (tertiary alicyclic amines) is 1. The molecule has 6 heteroatoms. The lowest BCUT2D eigenvalue weighted by Gasteiger charge is -2.51. The summed E-state index contributed by atoms with van der Waals surface area (Å²) < 4.78 is 5.39. The number of carbonyl (C=O) groups is 2. The second-order valence-corrected chi connectivity index (χ2v) is 8.90. The van der Waals surface area contributed by atoms with Crippen LogP contribution in [0.5, 0.6) is 0 Å². The molecule has 2 atom stereocenters. The van der Waals surface area contributed by atoms with Crippen LogP contribution >= 0.6 is 0 Å². The van der Waals surface area contributed by atoms with Crippen LogP contribution in [0, 0.1) is 11.3 Å². The highest BCUT2D eigenvalue weighted by molar-refractivity contribution is 5.88. The monoisotopic (exact) mass is 379 g/mol. The first-order chi connectivity index (χ1) is 13.0. The van der Waals surface area contributed by atoms with Gasteiger partial charge in [0.2, 0.25) is 11.8 Å². The minimum atomic E-state index is -0.367. The van der Waals surface area contributed by atoms with Gasteiger partial charge in [-0.25, -0.2) is 0 Å². The molecule has 2 saturated heterocycles. The maximum Gasteiger partial charge on any atom is 0.228 e. The third kappa shape index (κ3) is 4.83. The largest absolute Gasteiger partial charge is 0.379 e. The topological polar surface area (TPSA) is 61.9 Å². The van der Waals surface area contributed by atoms with Gasteiger partial charge in [0.15, 0.2) is 0 Å². The molecular weight excluding hydrogens is 342 g/mol. The number of rotatable bonds is 7. The lowest BCUT2D eigenvalue weighted by atomic mass is 9.64. The van der Waals surface area contributed by atoms with Gasteiger partial charge in [0, 0.05) is 45.2 Å². The average Bonchev–Trinajstić information content (AvgIpc) is 2.68. The summed E-state index contributed by atoms with van der Waals surface area (Å²) in [4.78, 5) is 30.3. The Morgan fingerprint density at radius 3 is 2.74 bits per heavy atom. The Hall–Kier alpha value is -1.14. The van der Waals surface area contributed by atoms with Crippen molar-refractivity contribution in [2.24, 2.45) is 11.3 Å². The Bertz CT molecular complexity index is 519. The number of ether oxygens (including phenoxy) is 1. The Labute approximate surface area is 164 Å². The molecule has 0 bridgehead atoms. The van der Waals surface area contributed by atoms with E-state index in [1.807, 2.05) is 0 Å². The van der Waals surface area contributed by atoms with Crippen molar-refractivity contribution in [3.05, 3.63) is 0 Å². The molecule has 3 rings (SSSR count). The summed E-state index contributed by atoms with van der Waals surface area (Å²) in [5.41, 5.74) is -0.367. The number of morpholine rings is 1. The molecule has 1 N–H and O–H groups in total. The number of amides is 2. The minimum absolute atomic E-state index is 0.0923. The lowest BCUT2D eigenvalue weighted by Crippen LogP contribution is -2.62. The fraction of sp³-hybridized carbons (Fsp3) is 0.905. The Morgan fingerprint density at radius 2 is 2.00 bits per heavy atom. The van der Waals surface area contributed by atoms with Crippen molar-refractivity contribution in [3.63, 3.8) is 0 Å². The Kier molecular flexibility index (Phi) is 7.15. The summed E-state index contributed by atoms with van der Waals surface area (Å²) in [5, 5.41) is 3.23. The third-order valence-corrected chi connectivity index (χ3v) is 6.69. The van der Waals surface area contributed by atoms with Crippen molar-refractivity contribution < 1.29 is 14.3 Å². The molecule has 0 aromatic carbocycles. The fourth-order valence-corrected chi connectivity index (χ4v) is 5.00. The number of nitrogens with zero attached hydrogens (tertiary/aromatic N) is 2. The van der Waals surface area contributed by atoms with E-state index in [1.54, 1.807) is 0 Å². The number of carbonyl (C=O) groups excluding carboxylic acids is 2. The molecule has 0 aromatic heterocycles. The summed E-state index contributed by atoms with van der Waals surface area (Å²) in [6.45, 7) is 10.2. The van der Waals surface area contributed by atoms with Crippen molar-refractivity contribution in [2.75, 3.05) is 45.9 Å². The predicted molar refractivity (Wildman–Crippen MR) is 105 cm³/mol. The van der Waals surface area contributed by atoms with Gasteiger partial charge in [-0.3, -0.25) is 14.5 Å². The second kappa shape index (κ2) is 9.37. The molecule has 154 valence electrons. The number of hydrogen-bond donors (Lipinski definition) is 1. The van der Waals surface area contributed by atoms with Crippen LogP contribution in [0.1, 0.15) is 58.8 Å². The van der Waals surface area contributed by atoms with Crippen LogP contribution in [0.2, 0.25) is 0 Å². The normalized spacial score (nSPS) is 29.7. The number of hydrogen-bond acceptors (Lipinski definition) is 4. The van der Waals surface area contributed by atoms with Crippen LogP contribution in [0.4, 0.5) is 0 Å². The summed E-state index contributed by atoms with van der Waals surface area (Å²) in [5.74, 6) is 1.00. The van der Waals surface area contributed by atoms with Crippen molar-refractivity contribution in [3.8, 4) is 0 Å². The van der Waals surface area contributed by atoms with Gasteiger partial charge in [0.05, 0.1) is 18.6 Å². The van der Waals surface area contributed by atoms with Gasteiger partial charge in [-0.2, -0.15) is 0 Å².